The molecule has 0 saturated carbocycles. The van der Waals surface area contributed by atoms with Gasteiger partial charge in [0.05, 0.1) is 6.26 Å². The molecule has 0 aromatic carbocycles. The zero-order valence-electron chi connectivity index (χ0n) is 15.4. The molecule has 0 bridgehead atoms. The Balaban J connectivity index is 1.80. The van der Waals surface area contributed by atoms with E-state index in [1.54, 1.807) is 25.3 Å². The molecule has 2 N–H and O–H groups in total. The Morgan fingerprint density at radius 2 is 2.04 bits per heavy atom. The molecule has 1 aliphatic rings. The Kier molecular flexibility index (Phi) is 8.09. The third-order valence-electron chi connectivity index (χ3n) is 4.24. The van der Waals surface area contributed by atoms with Crippen molar-refractivity contribution in [2.45, 2.75) is 38.5 Å². The monoisotopic (exact) mass is 346 g/mol. The largest absolute Gasteiger partial charge is 0.469 e. The topological polar surface area (TPSA) is 69.9 Å². The van der Waals surface area contributed by atoms with Gasteiger partial charge in [-0.15, -0.1) is 0 Å². The van der Waals surface area contributed by atoms with E-state index < -0.39 is 0 Å². The van der Waals surface area contributed by atoms with E-state index in [9.17, 15) is 4.79 Å². The summed E-state index contributed by atoms with van der Waals surface area (Å²) >= 11 is 0. The number of nitrogens with one attached hydrogen (secondary N) is 2. The first-order valence-electron chi connectivity index (χ1n) is 9.08. The van der Waals surface area contributed by atoms with Gasteiger partial charge < -0.3 is 20.0 Å². The summed E-state index contributed by atoms with van der Waals surface area (Å²) in [6.07, 6.45) is 10.9. The Labute approximate surface area is 150 Å². The SMILES string of the molecule is CN(C)C(=O)CN=C(NCCC1=CCCCC1)NCCc1ccco1. The molecule has 0 aliphatic heterocycles. The molecule has 6 heteroatoms. The van der Waals surface area contributed by atoms with E-state index in [1.807, 2.05) is 12.1 Å². The van der Waals surface area contributed by atoms with E-state index in [1.165, 1.54) is 31.3 Å². The van der Waals surface area contributed by atoms with Gasteiger partial charge in [0.25, 0.3) is 0 Å². The smallest absolute Gasteiger partial charge is 0.243 e. The summed E-state index contributed by atoms with van der Waals surface area (Å²) in [6, 6.07) is 3.84. The van der Waals surface area contributed by atoms with E-state index in [0.717, 1.165) is 25.1 Å². The maximum absolute atomic E-state index is 11.8. The van der Waals surface area contributed by atoms with Crippen molar-refractivity contribution in [1.29, 1.82) is 0 Å². The number of carbonyl (C=O) groups excluding carboxylic acids is 1. The molecule has 1 aliphatic carbocycles. The normalized spacial score (nSPS) is 14.8. The van der Waals surface area contributed by atoms with Gasteiger partial charge in [-0.05, 0) is 44.2 Å². The number of amides is 1. The van der Waals surface area contributed by atoms with Crippen LogP contribution >= 0.6 is 0 Å². The summed E-state index contributed by atoms with van der Waals surface area (Å²) in [7, 11) is 3.48. The van der Waals surface area contributed by atoms with Crippen LogP contribution in [0.4, 0.5) is 0 Å². The molecule has 2 rings (SSSR count). The van der Waals surface area contributed by atoms with Crippen LogP contribution in [0.2, 0.25) is 0 Å². The number of nitrogens with zero attached hydrogens (tertiary/aromatic N) is 2. The molecule has 1 aromatic heterocycles. The van der Waals surface area contributed by atoms with E-state index >= 15 is 0 Å². The highest BCUT2D eigenvalue weighted by Crippen LogP contribution is 2.19. The second-order valence-corrected chi connectivity index (χ2v) is 6.49. The van der Waals surface area contributed by atoms with Crippen molar-refractivity contribution in [2.75, 3.05) is 33.7 Å². The minimum Gasteiger partial charge on any atom is -0.469 e. The molecule has 0 atom stereocenters. The lowest BCUT2D eigenvalue weighted by atomic mass is 9.97. The maximum Gasteiger partial charge on any atom is 0.243 e. The number of aliphatic imine (C=N–C) groups is 1. The fourth-order valence-electron chi connectivity index (χ4n) is 2.69. The van der Waals surface area contributed by atoms with Gasteiger partial charge in [0, 0.05) is 33.6 Å². The van der Waals surface area contributed by atoms with Gasteiger partial charge in [0.1, 0.15) is 12.3 Å². The lowest BCUT2D eigenvalue weighted by Gasteiger charge is -2.16. The van der Waals surface area contributed by atoms with Crippen molar-refractivity contribution in [3.63, 3.8) is 0 Å². The lowest BCUT2D eigenvalue weighted by Crippen LogP contribution is -2.40. The first-order valence-corrected chi connectivity index (χ1v) is 9.08. The molecule has 1 amide bonds. The van der Waals surface area contributed by atoms with Crippen LogP contribution in [-0.2, 0) is 11.2 Å². The molecule has 1 heterocycles. The van der Waals surface area contributed by atoms with Crippen LogP contribution in [0, 0.1) is 0 Å². The van der Waals surface area contributed by atoms with Gasteiger partial charge in [-0.1, -0.05) is 11.6 Å². The van der Waals surface area contributed by atoms with Crippen LogP contribution in [0.15, 0.2) is 39.5 Å². The van der Waals surface area contributed by atoms with Crippen molar-refractivity contribution in [1.82, 2.24) is 15.5 Å². The molecule has 1 aromatic rings. The summed E-state index contributed by atoms with van der Waals surface area (Å²) < 4.78 is 5.34. The average Bonchev–Trinajstić information content (AvgIpc) is 3.13. The fourth-order valence-corrected chi connectivity index (χ4v) is 2.69. The van der Waals surface area contributed by atoms with Crippen molar-refractivity contribution < 1.29 is 9.21 Å². The summed E-state index contributed by atoms with van der Waals surface area (Å²) in [5, 5.41) is 6.62. The summed E-state index contributed by atoms with van der Waals surface area (Å²) in [5.41, 5.74) is 1.53. The predicted octanol–water partition coefficient (Wildman–Crippen LogP) is 2.34. The maximum atomic E-state index is 11.8. The summed E-state index contributed by atoms with van der Waals surface area (Å²) in [4.78, 5) is 17.7. The number of hydrogen-bond acceptors (Lipinski definition) is 3. The van der Waals surface area contributed by atoms with E-state index in [4.69, 9.17) is 4.42 Å². The van der Waals surface area contributed by atoms with Crippen LogP contribution in [0.25, 0.3) is 0 Å². The molecule has 0 radical (unpaired) electrons. The van der Waals surface area contributed by atoms with Crippen molar-refractivity contribution in [2.24, 2.45) is 4.99 Å². The lowest BCUT2D eigenvalue weighted by molar-refractivity contribution is -0.127. The van der Waals surface area contributed by atoms with Crippen LogP contribution < -0.4 is 10.6 Å². The molecular formula is C19H30N4O2. The highest BCUT2D eigenvalue weighted by molar-refractivity contribution is 5.84. The second kappa shape index (κ2) is 10.6. The van der Waals surface area contributed by atoms with Crippen molar-refractivity contribution in [3.05, 3.63) is 35.8 Å². The quantitative estimate of drug-likeness (QED) is 0.431. The molecule has 0 fully saturated rings. The Morgan fingerprint density at radius 3 is 2.68 bits per heavy atom. The fraction of sp³-hybridized carbons (Fsp3) is 0.579. The Morgan fingerprint density at radius 1 is 1.24 bits per heavy atom. The first kappa shape index (κ1) is 19.1. The Hall–Kier alpha value is -2.24. The minimum absolute atomic E-state index is 0.0119. The molecule has 0 saturated heterocycles. The number of likely N-dealkylation sites (N-methyl/N-ethyl adjacent to an activating group) is 1. The van der Waals surface area contributed by atoms with Crippen LogP contribution in [0.3, 0.4) is 0 Å². The van der Waals surface area contributed by atoms with E-state index in [2.05, 4.69) is 21.7 Å². The average molecular weight is 346 g/mol. The number of carbonyl (C=O) groups is 1. The van der Waals surface area contributed by atoms with Crippen molar-refractivity contribution >= 4 is 11.9 Å². The van der Waals surface area contributed by atoms with Gasteiger partial charge in [-0.2, -0.15) is 0 Å². The van der Waals surface area contributed by atoms with E-state index in [0.29, 0.717) is 12.5 Å². The van der Waals surface area contributed by atoms with Gasteiger partial charge in [0.2, 0.25) is 5.91 Å². The number of rotatable bonds is 8. The Bertz CT molecular complexity index is 576. The highest BCUT2D eigenvalue weighted by atomic mass is 16.3. The summed E-state index contributed by atoms with van der Waals surface area (Å²) in [5.74, 6) is 1.60. The van der Waals surface area contributed by atoms with Gasteiger partial charge in [-0.25, -0.2) is 4.99 Å². The third-order valence-corrected chi connectivity index (χ3v) is 4.24. The standard InChI is InChI=1S/C19H30N4O2/c1-23(2)18(24)15-22-19(21-13-11-17-9-6-14-25-17)20-12-10-16-7-4-3-5-8-16/h6-7,9,14H,3-5,8,10-13,15H2,1-2H3,(H2,20,21,22). The molecule has 6 nitrogen and oxygen atoms in total. The zero-order chi connectivity index (χ0) is 17.9. The molecule has 0 spiro atoms. The van der Waals surface area contributed by atoms with Crippen LogP contribution in [-0.4, -0.2) is 50.5 Å². The third kappa shape index (κ3) is 7.45. The van der Waals surface area contributed by atoms with Gasteiger partial charge >= 0.3 is 0 Å². The molecule has 138 valence electrons. The number of allylic oxidation sites excluding steroid dienone is 1. The molecule has 25 heavy (non-hydrogen) atoms. The minimum atomic E-state index is -0.0119. The van der Waals surface area contributed by atoms with E-state index in [-0.39, 0.29) is 12.5 Å². The zero-order valence-corrected chi connectivity index (χ0v) is 15.4. The van der Waals surface area contributed by atoms with Gasteiger partial charge in [-0.3, -0.25) is 4.79 Å². The van der Waals surface area contributed by atoms with Gasteiger partial charge in [0.15, 0.2) is 5.96 Å². The number of hydrogen-bond donors (Lipinski definition) is 2. The number of furan rings is 1. The first-order chi connectivity index (χ1) is 12.1. The molecular weight excluding hydrogens is 316 g/mol. The van der Waals surface area contributed by atoms with Crippen LogP contribution in [0.1, 0.15) is 37.9 Å². The number of guanidine groups is 1. The highest BCUT2D eigenvalue weighted by Gasteiger charge is 2.07. The predicted molar refractivity (Wildman–Crippen MR) is 101 cm³/mol. The van der Waals surface area contributed by atoms with Crippen molar-refractivity contribution in [3.8, 4) is 0 Å². The van der Waals surface area contributed by atoms with Crippen LogP contribution in [0.5, 0.6) is 0 Å². The molecule has 0 unspecified atom stereocenters. The summed E-state index contributed by atoms with van der Waals surface area (Å²) in [6.45, 7) is 1.68. The second-order valence-electron chi connectivity index (χ2n) is 6.49.